The van der Waals surface area contributed by atoms with E-state index in [9.17, 15) is 8.42 Å². The summed E-state index contributed by atoms with van der Waals surface area (Å²) in [5, 5.41) is 4.90. The first kappa shape index (κ1) is 20.5. The van der Waals surface area contributed by atoms with Gasteiger partial charge in [0, 0.05) is 18.7 Å². The van der Waals surface area contributed by atoms with Gasteiger partial charge in [0.15, 0.2) is 5.13 Å². The van der Waals surface area contributed by atoms with Crippen LogP contribution in [0.25, 0.3) is 11.3 Å². The van der Waals surface area contributed by atoms with E-state index < -0.39 is 10.0 Å². The summed E-state index contributed by atoms with van der Waals surface area (Å²) in [4.78, 5) is 10.2. The molecular weight excluding hydrogens is 420 g/mol. The van der Waals surface area contributed by atoms with Crippen molar-refractivity contribution in [3.63, 3.8) is 0 Å². The Balaban J connectivity index is 1.60. The van der Waals surface area contributed by atoms with Crippen LogP contribution in [-0.4, -0.2) is 45.9 Å². The number of ether oxygens (including phenoxy) is 1. The lowest BCUT2D eigenvalue weighted by atomic mass is 10.1. The maximum Gasteiger partial charge on any atom is 0.276 e. The molecule has 0 spiro atoms. The molecule has 0 unspecified atom stereocenters. The molecule has 4 rings (SSSR count). The number of nitrogens with zero attached hydrogens (tertiary/aromatic N) is 3. The zero-order chi connectivity index (χ0) is 21.0. The Labute approximate surface area is 180 Å². The lowest BCUT2D eigenvalue weighted by Gasteiger charge is -2.26. The van der Waals surface area contributed by atoms with Crippen LogP contribution in [0.1, 0.15) is 10.4 Å². The molecule has 3 aromatic rings. The number of hydrazone groups is 1. The Morgan fingerprint density at radius 3 is 2.50 bits per heavy atom. The summed E-state index contributed by atoms with van der Waals surface area (Å²) in [5.41, 5.74) is 2.72. The van der Waals surface area contributed by atoms with Gasteiger partial charge in [0.05, 0.1) is 34.9 Å². The van der Waals surface area contributed by atoms with Crippen molar-refractivity contribution in [3.05, 3.63) is 65.0 Å². The summed E-state index contributed by atoms with van der Waals surface area (Å²) >= 11 is 1.48. The SMILES string of the molecule is Cc1ccc(S(=O)(=O)NN=Cc2sc(N3CCOCC3)nc2-c2ccccc2)cc1. The van der Waals surface area contributed by atoms with Gasteiger partial charge in [-0.2, -0.15) is 13.5 Å². The normalized spacial score (nSPS) is 14.9. The van der Waals surface area contributed by atoms with Crippen molar-refractivity contribution < 1.29 is 13.2 Å². The number of sulfonamides is 1. The number of benzene rings is 2. The topological polar surface area (TPSA) is 83.9 Å². The predicted octanol–water partition coefficient (Wildman–Crippen LogP) is 3.27. The number of aryl methyl sites for hydroxylation is 1. The van der Waals surface area contributed by atoms with Crippen LogP contribution < -0.4 is 9.73 Å². The quantitative estimate of drug-likeness (QED) is 0.468. The van der Waals surface area contributed by atoms with E-state index in [1.54, 1.807) is 24.3 Å². The third-order valence-electron chi connectivity index (χ3n) is 4.66. The zero-order valence-corrected chi connectivity index (χ0v) is 18.1. The van der Waals surface area contributed by atoms with Gasteiger partial charge in [0.25, 0.3) is 10.0 Å². The van der Waals surface area contributed by atoms with Gasteiger partial charge in [-0.15, -0.1) is 0 Å². The molecular formula is C21H22N4O3S2. The highest BCUT2D eigenvalue weighted by Gasteiger charge is 2.19. The fraction of sp³-hybridized carbons (Fsp3) is 0.238. The van der Waals surface area contributed by atoms with Crippen molar-refractivity contribution >= 4 is 32.7 Å². The number of hydrogen-bond acceptors (Lipinski definition) is 7. The predicted molar refractivity (Wildman–Crippen MR) is 120 cm³/mol. The largest absolute Gasteiger partial charge is 0.378 e. The van der Waals surface area contributed by atoms with E-state index in [0.717, 1.165) is 39.9 Å². The maximum absolute atomic E-state index is 12.5. The molecule has 1 N–H and O–H groups in total. The molecule has 2 heterocycles. The molecule has 0 atom stereocenters. The second-order valence-electron chi connectivity index (χ2n) is 6.84. The van der Waals surface area contributed by atoms with E-state index in [4.69, 9.17) is 9.72 Å². The van der Waals surface area contributed by atoms with Crippen molar-refractivity contribution in [2.24, 2.45) is 5.10 Å². The number of hydrogen-bond donors (Lipinski definition) is 1. The van der Waals surface area contributed by atoms with Crippen molar-refractivity contribution in [2.75, 3.05) is 31.2 Å². The average molecular weight is 443 g/mol. The molecule has 1 fully saturated rings. The fourth-order valence-electron chi connectivity index (χ4n) is 3.02. The van der Waals surface area contributed by atoms with Crippen molar-refractivity contribution in [1.29, 1.82) is 0 Å². The Kier molecular flexibility index (Phi) is 6.12. The lowest BCUT2D eigenvalue weighted by molar-refractivity contribution is 0.122. The summed E-state index contributed by atoms with van der Waals surface area (Å²) in [6.07, 6.45) is 1.52. The van der Waals surface area contributed by atoms with Crippen molar-refractivity contribution in [1.82, 2.24) is 9.82 Å². The molecule has 7 nitrogen and oxygen atoms in total. The van der Waals surface area contributed by atoms with Crippen LogP contribution in [-0.2, 0) is 14.8 Å². The van der Waals surface area contributed by atoms with E-state index in [2.05, 4.69) is 14.8 Å². The van der Waals surface area contributed by atoms with E-state index in [1.807, 2.05) is 37.3 Å². The highest BCUT2D eigenvalue weighted by molar-refractivity contribution is 7.89. The lowest BCUT2D eigenvalue weighted by Crippen LogP contribution is -2.36. The zero-order valence-electron chi connectivity index (χ0n) is 16.5. The van der Waals surface area contributed by atoms with Gasteiger partial charge in [-0.25, -0.2) is 9.82 Å². The molecule has 1 aliphatic rings. The van der Waals surface area contributed by atoms with Gasteiger partial charge in [-0.05, 0) is 19.1 Å². The first-order valence-corrected chi connectivity index (χ1v) is 11.8. The van der Waals surface area contributed by atoms with E-state index in [1.165, 1.54) is 17.6 Å². The second kappa shape index (κ2) is 8.95. The van der Waals surface area contributed by atoms with Crippen molar-refractivity contribution in [2.45, 2.75) is 11.8 Å². The van der Waals surface area contributed by atoms with Crippen LogP contribution in [0, 0.1) is 6.92 Å². The smallest absolute Gasteiger partial charge is 0.276 e. The Bertz CT molecular complexity index is 1120. The molecule has 9 heteroatoms. The van der Waals surface area contributed by atoms with Crippen LogP contribution in [0.2, 0.25) is 0 Å². The third-order valence-corrected chi connectivity index (χ3v) is 6.95. The molecule has 0 radical (unpaired) electrons. The van der Waals surface area contributed by atoms with E-state index in [-0.39, 0.29) is 4.90 Å². The Hall–Kier alpha value is -2.75. The number of anilines is 1. The molecule has 2 aromatic carbocycles. The van der Waals surface area contributed by atoms with Crippen LogP contribution in [0.5, 0.6) is 0 Å². The van der Waals surface area contributed by atoms with Crippen LogP contribution in [0.15, 0.2) is 64.6 Å². The first-order chi connectivity index (χ1) is 14.5. The van der Waals surface area contributed by atoms with Gasteiger partial charge in [-0.1, -0.05) is 59.4 Å². The molecule has 30 heavy (non-hydrogen) atoms. The Morgan fingerprint density at radius 2 is 1.80 bits per heavy atom. The molecule has 0 amide bonds. The van der Waals surface area contributed by atoms with E-state index in [0.29, 0.717) is 13.2 Å². The van der Waals surface area contributed by atoms with Crippen LogP contribution >= 0.6 is 11.3 Å². The number of aromatic nitrogens is 1. The molecule has 156 valence electrons. The monoisotopic (exact) mass is 442 g/mol. The van der Waals surface area contributed by atoms with Crippen LogP contribution in [0.4, 0.5) is 5.13 Å². The Morgan fingerprint density at radius 1 is 1.10 bits per heavy atom. The van der Waals surface area contributed by atoms with Gasteiger partial charge in [0.1, 0.15) is 0 Å². The fourth-order valence-corrected chi connectivity index (χ4v) is 4.83. The number of thiazole rings is 1. The number of nitrogens with one attached hydrogen (secondary N) is 1. The van der Waals surface area contributed by atoms with Gasteiger partial charge >= 0.3 is 0 Å². The minimum Gasteiger partial charge on any atom is -0.378 e. The molecule has 1 aromatic heterocycles. The molecule has 1 aliphatic heterocycles. The molecule has 0 aliphatic carbocycles. The highest BCUT2D eigenvalue weighted by Crippen LogP contribution is 2.32. The number of rotatable bonds is 6. The van der Waals surface area contributed by atoms with Crippen LogP contribution in [0.3, 0.4) is 0 Å². The van der Waals surface area contributed by atoms with Gasteiger partial charge in [-0.3, -0.25) is 0 Å². The van der Waals surface area contributed by atoms with E-state index >= 15 is 0 Å². The van der Waals surface area contributed by atoms with Crippen molar-refractivity contribution in [3.8, 4) is 11.3 Å². The minimum absolute atomic E-state index is 0.173. The molecule has 1 saturated heterocycles. The summed E-state index contributed by atoms with van der Waals surface area (Å²) in [7, 11) is -3.73. The summed E-state index contributed by atoms with van der Waals surface area (Å²) in [6.45, 7) is 4.79. The molecule has 0 saturated carbocycles. The summed E-state index contributed by atoms with van der Waals surface area (Å²) in [6, 6.07) is 16.4. The molecule has 0 bridgehead atoms. The first-order valence-electron chi connectivity index (χ1n) is 9.53. The average Bonchev–Trinajstić information content (AvgIpc) is 3.19. The van der Waals surface area contributed by atoms with Gasteiger partial charge < -0.3 is 9.64 Å². The standard InChI is InChI=1S/C21H22N4O3S2/c1-16-7-9-18(10-8-16)30(26,27)24-22-15-19-20(17-5-3-2-4-6-17)23-21(29-19)25-11-13-28-14-12-25/h2-10,15,24H,11-14H2,1H3. The third kappa shape index (κ3) is 4.69. The minimum atomic E-state index is -3.73. The highest BCUT2D eigenvalue weighted by atomic mass is 32.2. The number of morpholine rings is 1. The summed E-state index contributed by atoms with van der Waals surface area (Å²) in [5.74, 6) is 0. The second-order valence-corrected chi connectivity index (χ2v) is 9.51. The van der Waals surface area contributed by atoms with Gasteiger partial charge in [0.2, 0.25) is 0 Å². The summed E-state index contributed by atoms with van der Waals surface area (Å²) < 4.78 is 30.4. The maximum atomic E-state index is 12.5.